The Bertz CT molecular complexity index is 136. The quantitative estimate of drug-likeness (QED) is 0.700. The number of hydrogen-bond acceptors (Lipinski definition) is 2. The third-order valence-electron chi connectivity index (χ3n) is 2.95. The first-order chi connectivity index (χ1) is 6.22. The van der Waals surface area contributed by atoms with Crippen LogP contribution < -0.4 is 5.32 Å². The van der Waals surface area contributed by atoms with Crippen LogP contribution in [0.4, 0.5) is 0 Å². The van der Waals surface area contributed by atoms with E-state index in [1.165, 1.54) is 19.3 Å². The van der Waals surface area contributed by atoms with Crippen LogP contribution in [0.1, 0.15) is 39.5 Å². The zero-order valence-electron chi connectivity index (χ0n) is 8.92. The molecule has 0 bridgehead atoms. The second-order valence-electron chi connectivity index (χ2n) is 4.70. The highest BCUT2D eigenvalue weighted by Crippen LogP contribution is 2.19. The number of piperidine rings is 1. The van der Waals surface area contributed by atoms with Crippen molar-refractivity contribution in [2.24, 2.45) is 11.8 Å². The smallest absolute Gasteiger partial charge is 0.0460 e. The van der Waals surface area contributed by atoms with Crippen molar-refractivity contribution in [3.63, 3.8) is 0 Å². The number of rotatable bonds is 4. The molecule has 0 spiro atoms. The molecule has 0 radical (unpaired) electrons. The average molecular weight is 185 g/mol. The van der Waals surface area contributed by atoms with Crippen molar-refractivity contribution in [1.29, 1.82) is 0 Å². The molecule has 0 saturated carbocycles. The van der Waals surface area contributed by atoms with Crippen molar-refractivity contribution >= 4 is 0 Å². The van der Waals surface area contributed by atoms with Gasteiger partial charge in [-0.1, -0.05) is 13.8 Å². The van der Waals surface area contributed by atoms with Gasteiger partial charge in [0.25, 0.3) is 0 Å². The van der Waals surface area contributed by atoms with E-state index in [0.29, 0.717) is 18.6 Å². The molecule has 1 aliphatic heterocycles. The first-order valence-electron chi connectivity index (χ1n) is 5.56. The fourth-order valence-electron chi connectivity index (χ4n) is 2.02. The standard InChI is InChI=1S/C11H23NO/c1-9(2)3-4-11-7-10(8-13)5-6-12-11/h9-13H,3-8H2,1-2H3. The van der Waals surface area contributed by atoms with E-state index in [-0.39, 0.29) is 0 Å². The maximum absolute atomic E-state index is 9.06. The summed E-state index contributed by atoms with van der Waals surface area (Å²) in [6, 6.07) is 0.660. The highest BCUT2D eigenvalue weighted by atomic mass is 16.3. The van der Waals surface area contributed by atoms with Crippen LogP contribution in [0.2, 0.25) is 0 Å². The van der Waals surface area contributed by atoms with Gasteiger partial charge in [0.1, 0.15) is 0 Å². The third-order valence-corrected chi connectivity index (χ3v) is 2.95. The molecule has 2 nitrogen and oxygen atoms in total. The molecule has 78 valence electrons. The molecule has 13 heavy (non-hydrogen) atoms. The Balaban J connectivity index is 2.18. The van der Waals surface area contributed by atoms with Crippen molar-refractivity contribution in [1.82, 2.24) is 5.32 Å². The highest BCUT2D eigenvalue weighted by molar-refractivity contribution is 4.78. The van der Waals surface area contributed by atoms with E-state index in [2.05, 4.69) is 19.2 Å². The van der Waals surface area contributed by atoms with Crippen LogP contribution in [0, 0.1) is 11.8 Å². The van der Waals surface area contributed by atoms with Gasteiger partial charge in [0.2, 0.25) is 0 Å². The summed E-state index contributed by atoms with van der Waals surface area (Å²) >= 11 is 0. The van der Waals surface area contributed by atoms with Crippen LogP contribution in [0.25, 0.3) is 0 Å². The summed E-state index contributed by atoms with van der Waals surface area (Å²) in [5.41, 5.74) is 0. The summed E-state index contributed by atoms with van der Waals surface area (Å²) in [5.74, 6) is 1.36. The largest absolute Gasteiger partial charge is 0.396 e. The minimum atomic E-state index is 0.375. The van der Waals surface area contributed by atoms with Gasteiger partial charge in [0.05, 0.1) is 0 Å². The normalized spacial score (nSPS) is 29.5. The van der Waals surface area contributed by atoms with E-state index in [1.807, 2.05) is 0 Å². The molecule has 0 aromatic heterocycles. The van der Waals surface area contributed by atoms with Gasteiger partial charge in [-0.25, -0.2) is 0 Å². The third kappa shape index (κ3) is 4.10. The second kappa shape index (κ2) is 5.61. The zero-order valence-corrected chi connectivity index (χ0v) is 8.92. The molecule has 1 fully saturated rings. The first kappa shape index (κ1) is 11.0. The van der Waals surface area contributed by atoms with E-state index >= 15 is 0 Å². The van der Waals surface area contributed by atoms with Gasteiger partial charge in [0.15, 0.2) is 0 Å². The Labute approximate surface area is 81.7 Å². The van der Waals surface area contributed by atoms with Crippen LogP contribution in [0.5, 0.6) is 0 Å². The summed E-state index contributed by atoms with van der Waals surface area (Å²) in [4.78, 5) is 0. The number of hydrogen-bond donors (Lipinski definition) is 2. The number of nitrogens with one attached hydrogen (secondary N) is 1. The van der Waals surface area contributed by atoms with E-state index in [0.717, 1.165) is 18.9 Å². The van der Waals surface area contributed by atoms with Gasteiger partial charge in [-0.15, -0.1) is 0 Å². The zero-order chi connectivity index (χ0) is 9.68. The average Bonchev–Trinajstić information content (AvgIpc) is 2.15. The molecule has 1 aliphatic rings. The number of aliphatic hydroxyl groups is 1. The van der Waals surface area contributed by atoms with Crippen LogP contribution >= 0.6 is 0 Å². The van der Waals surface area contributed by atoms with E-state index in [1.54, 1.807) is 0 Å². The monoisotopic (exact) mass is 185 g/mol. The molecule has 2 unspecified atom stereocenters. The molecule has 0 amide bonds. The van der Waals surface area contributed by atoms with Crippen molar-refractivity contribution in [3.8, 4) is 0 Å². The van der Waals surface area contributed by atoms with Crippen molar-refractivity contribution in [2.75, 3.05) is 13.2 Å². The molecular weight excluding hydrogens is 162 g/mol. The van der Waals surface area contributed by atoms with Crippen LogP contribution in [-0.4, -0.2) is 24.3 Å². The highest BCUT2D eigenvalue weighted by Gasteiger charge is 2.20. The van der Waals surface area contributed by atoms with Crippen LogP contribution in [-0.2, 0) is 0 Å². The lowest BCUT2D eigenvalue weighted by Gasteiger charge is -2.29. The van der Waals surface area contributed by atoms with Crippen LogP contribution in [0.3, 0.4) is 0 Å². The molecule has 1 rings (SSSR count). The summed E-state index contributed by atoms with van der Waals surface area (Å²) < 4.78 is 0. The summed E-state index contributed by atoms with van der Waals surface area (Å²) in [6.45, 7) is 6.01. The summed E-state index contributed by atoms with van der Waals surface area (Å²) in [6.07, 6.45) is 4.89. The summed E-state index contributed by atoms with van der Waals surface area (Å²) in [5, 5.41) is 12.6. The summed E-state index contributed by atoms with van der Waals surface area (Å²) in [7, 11) is 0. The van der Waals surface area contributed by atoms with Crippen molar-refractivity contribution in [3.05, 3.63) is 0 Å². The van der Waals surface area contributed by atoms with Gasteiger partial charge < -0.3 is 10.4 Å². The molecule has 0 aromatic carbocycles. The predicted molar refractivity (Wildman–Crippen MR) is 55.7 cm³/mol. The van der Waals surface area contributed by atoms with Gasteiger partial charge >= 0.3 is 0 Å². The van der Waals surface area contributed by atoms with Gasteiger partial charge in [-0.05, 0) is 44.1 Å². The predicted octanol–water partition coefficient (Wildman–Crippen LogP) is 1.78. The van der Waals surface area contributed by atoms with E-state index < -0.39 is 0 Å². The maximum atomic E-state index is 9.06. The molecule has 2 atom stereocenters. The molecule has 1 saturated heterocycles. The maximum Gasteiger partial charge on any atom is 0.0460 e. The molecule has 0 aliphatic carbocycles. The lowest BCUT2D eigenvalue weighted by molar-refractivity contribution is 0.171. The van der Waals surface area contributed by atoms with E-state index in [4.69, 9.17) is 5.11 Å². The van der Waals surface area contributed by atoms with Gasteiger partial charge in [0, 0.05) is 12.6 Å². The fourth-order valence-corrected chi connectivity index (χ4v) is 2.02. The van der Waals surface area contributed by atoms with Crippen molar-refractivity contribution < 1.29 is 5.11 Å². The Hall–Kier alpha value is -0.0800. The lowest BCUT2D eigenvalue weighted by atomic mass is 9.89. The topological polar surface area (TPSA) is 32.3 Å². The Kier molecular flexibility index (Phi) is 4.74. The Morgan fingerprint density at radius 3 is 2.85 bits per heavy atom. The molecular formula is C11H23NO. The number of aliphatic hydroxyl groups excluding tert-OH is 1. The fraction of sp³-hybridized carbons (Fsp3) is 1.00. The van der Waals surface area contributed by atoms with Gasteiger partial charge in [-0.2, -0.15) is 0 Å². The molecule has 2 N–H and O–H groups in total. The first-order valence-corrected chi connectivity index (χ1v) is 5.56. The van der Waals surface area contributed by atoms with E-state index in [9.17, 15) is 0 Å². The SMILES string of the molecule is CC(C)CCC1CC(CO)CCN1. The molecule has 2 heteroatoms. The van der Waals surface area contributed by atoms with Gasteiger partial charge in [-0.3, -0.25) is 0 Å². The molecule has 1 heterocycles. The minimum Gasteiger partial charge on any atom is -0.396 e. The lowest BCUT2D eigenvalue weighted by Crippen LogP contribution is -2.39. The Morgan fingerprint density at radius 1 is 1.46 bits per heavy atom. The minimum absolute atomic E-state index is 0.375. The Morgan fingerprint density at radius 2 is 2.23 bits per heavy atom. The van der Waals surface area contributed by atoms with Crippen LogP contribution in [0.15, 0.2) is 0 Å². The second-order valence-corrected chi connectivity index (χ2v) is 4.70. The van der Waals surface area contributed by atoms with Crippen molar-refractivity contribution in [2.45, 2.75) is 45.6 Å². The molecule has 0 aromatic rings.